The van der Waals surface area contributed by atoms with Gasteiger partial charge in [-0.05, 0) is 22.8 Å². The molecule has 0 amide bonds. The number of rotatable bonds is 10. The Morgan fingerprint density at radius 1 is 0.392 bits per heavy atom. The number of para-hydroxylation sites is 5. The number of hydrogen-bond donors (Lipinski definition) is 0. The molecule has 6 nitrogen and oxygen atoms in total. The van der Waals surface area contributed by atoms with Crippen LogP contribution in [0.2, 0.25) is 0 Å². The summed E-state index contributed by atoms with van der Waals surface area (Å²) in [6, 6.07) is 68.7. The van der Waals surface area contributed by atoms with Crippen LogP contribution in [0.25, 0.3) is 122 Å². The van der Waals surface area contributed by atoms with E-state index in [1.807, 2.05) is 165 Å². The average molecular weight is 1200 g/mol. The molecule has 0 atom stereocenters. The van der Waals surface area contributed by atoms with Gasteiger partial charge in [0, 0.05) is 11.8 Å². The summed E-state index contributed by atoms with van der Waals surface area (Å²) in [6.45, 7) is 0. The maximum absolute atomic E-state index is 9.58. The number of aromatic nitrogens is 5. The zero-order valence-electron chi connectivity index (χ0n) is 51.7. The van der Waals surface area contributed by atoms with Crippen molar-refractivity contribution in [1.82, 2.24) is 23.3 Å². The first-order valence-electron chi connectivity index (χ1n) is 30.5. The van der Waals surface area contributed by atoms with E-state index in [1.54, 1.807) is 18.2 Å². The minimum absolute atomic E-state index is 0.137. The second-order valence-electron chi connectivity index (χ2n) is 18.9. The fourth-order valence-corrected chi connectivity index (χ4v) is 12.2. The number of nitrogens with zero attached hydrogens (tertiary/aromatic N) is 5. The van der Waals surface area contributed by atoms with Gasteiger partial charge in [-0.3, -0.25) is 0 Å². The van der Waals surface area contributed by atoms with Crippen molar-refractivity contribution in [1.29, 1.82) is 0 Å². The molecule has 0 aliphatic rings. The van der Waals surface area contributed by atoms with Gasteiger partial charge in [-0.25, -0.2) is 0 Å². The molecule has 79 heavy (non-hydrogen) atoms. The Balaban J connectivity index is 0.916. The molecule has 376 valence electrons. The van der Waals surface area contributed by atoms with Gasteiger partial charge in [0.05, 0.1) is 0 Å². The summed E-state index contributed by atoms with van der Waals surface area (Å²) < 4.78 is 107. The number of benzene rings is 11. The molecule has 0 saturated heterocycles. The van der Waals surface area contributed by atoms with E-state index in [9.17, 15) is 5.48 Å². The summed E-state index contributed by atoms with van der Waals surface area (Å²) in [5.74, 6) is 1.48. The second-order valence-corrected chi connectivity index (χ2v) is 19.9. The molecule has 0 bridgehead atoms. The van der Waals surface area contributed by atoms with E-state index < -0.39 is 60.4 Å². The van der Waals surface area contributed by atoms with E-state index in [0.29, 0.717) is 43.5 Å². The molecule has 7 heteroatoms. The van der Waals surface area contributed by atoms with Gasteiger partial charge in [0.1, 0.15) is 0 Å². The molecule has 15 rings (SSSR count). The Labute approximate surface area is 481 Å². The van der Waals surface area contributed by atoms with Gasteiger partial charge in [0.15, 0.2) is 0 Å². The molecule has 4 aromatic heterocycles. The van der Waals surface area contributed by atoms with E-state index in [-0.39, 0.29) is 27.9 Å². The van der Waals surface area contributed by atoms with Crippen LogP contribution in [-0.4, -0.2) is 23.3 Å². The number of imidazole rings is 1. The van der Waals surface area contributed by atoms with Crippen molar-refractivity contribution >= 4 is 54.6 Å². The minimum atomic E-state index is -0.588. The van der Waals surface area contributed by atoms with Gasteiger partial charge in [-0.2, -0.15) is 0 Å². The SMILES string of the molecule is [2H]c1c([2H])c([2H])c(-c2cc(-n3c4ccccc4c4ccccc43)cc(-c3c([2H])c([2H])c([2H])c([2H])c3[2H])c2-n2[c](=[Pt])n(-c3[c-]c(Oc4[c-]c5c(cc4)c4ccccc4n5-c4ccc(-c5ccccc5-c5ccccc5)cn4)ccc3)c3ccccc32)c([2H])c1[2H]. The van der Waals surface area contributed by atoms with Gasteiger partial charge in [-0.1, -0.05) is 66.7 Å². The maximum atomic E-state index is 9.58. The molecule has 0 aliphatic carbocycles. The monoisotopic (exact) mass is 1200 g/mol. The van der Waals surface area contributed by atoms with Crippen LogP contribution in [-0.2, 0) is 19.4 Å². The fourth-order valence-electron chi connectivity index (χ4n) is 11.1. The summed E-state index contributed by atoms with van der Waals surface area (Å²) in [6.07, 6.45) is 1.91. The summed E-state index contributed by atoms with van der Waals surface area (Å²) in [5.41, 5.74) is 9.88. The third kappa shape index (κ3) is 7.91. The Kier molecular flexibility index (Phi) is 9.04. The Bertz CT molecular complexity index is 5320. The van der Waals surface area contributed by atoms with E-state index in [2.05, 4.69) is 78.5 Å². The molecular weight excluding hydrogens is 1150 g/mol. The van der Waals surface area contributed by atoms with Gasteiger partial charge >= 0.3 is 382 Å². The Hall–Kier alpha value is -9.87. The molecular formula is C72H45N5OPt-2. The van der Waals surface area contributed by atoms with Crippen molar-refractivity contribution in [3.05, 3.63) is 289 Å². The Morgan fingerprint density at radius 2 is 0.924 bits per heavy atom. The first-order chi connectivity index (χ1) is 43.3. The molecule has 15 aromatic rings. The van der Waals surface area contributed by atoms with Crippen LogP contribution in [0.15, 0.2) is 273 Å². The number of ether oxygens (including phenoxy) is 1. The topological polar surface area (TPSA) is 41.8 Å². The molecule has 0 saturated carbocycles. The zero-order valence-corrected chi connectivity index (χ0v) is 43.9. The average Bonchev–Trinajstić information content (AvgIpc) is 1.73. The van der Waals surface area contributed by atoms with Crippen LogP contribution in [0.3, 0.4) is 0 Å². The van der Waals surface area contributed by atoms with Crippen LogP contribution in [0.1, 0.15) is 13.7 Å². The van der Waals surface area contributed by atoms with E-state index >= 15 is 0 Å². The van der Waals surface area contributed by atoms with Gasteiger partial charge < -0.3 is 0 Å². The molecule has 0 radical (unpaired) electrons. The van der Waals surface area contributed by atoms with Gasteiger partial charge in [-0.15, -0.1) is 0 Å². The van der Waals surface area contributed by atoms with Crippen LogP contribution in [0.5, 0.6) is 11.5 Å². The number of fused-ring (bicyclic) bond motifs is 7. The summed E-state index contributed by atoms with van der Waals surface area (Å²) in [7, 11) is 0. The van der Waals surface area contributed by atoms with E-state index in [0.717, 1.165) is 65.9 Å². The van der Waals surface area contributed by atoms with Crippen LogP contribution < -0.4 is 4.74 Å². The first kappa shape index (κ1) is 37.0. The molecule has 11 aromatic carbocycles. The number of hydrogen-bond acceptors (Lipinski definition) is 2. The third-order valence-corrected chi connectivity index (χ3v) is 15.5. The Morgan fingerprint density at radius 3 is 1.54 bits per heavy atom. The predicted molar refractivity (Wildman–Crippen MR) is 318 cm³/mol. The van der Waals surface area contributed by atoms with Crippen molar-refractivity contribution in [2.45, 2.75) is 0 Å². The number of pyridine rings is 1. The molecule has 0 fully saturated rings. The van der Waals surface area contributed by atoms with Crippen molar-refractivity contribution in [3.63, 3.8) is 0 Å². The van der Waals surface area contributed by atoms with Crippen LogP contribution in [0, 0.1) is 15.9 Å². The van der Waals surface area contributed by atoms with Crippen molar-refractivity contribution < 1.29 is 37.8 Å². The van der Waals surface area contributed by atoms with Crippen LogP contribution in [0.4, 0.5) is 0 Å². The zero-order chi connectivity index (χ0) is 61.1. The molecule has 0 aliphatic heterocycles. The van der Waals surface area contributed by atoms with Gasteiger partial charge in [0.25, 0.3) is 0 Å². The molecule has 0 N–H and O–H groups in total. The van der Waals surface area contributed by atoms with Crippen LogP contribution >= 0.6 is 0 Å². The standard InChI is InChI=1S/C72H45N5O.Pt/c1-4-21-49(22-5-1)57-29-10-11-30-58(57)52-39-42-71(73-47-52)77-67-36-17-14-33-61(67)62-41-40-56(46-70(62)77)78-55-28-20-27-53(43-55)74-48-75(69-38-19-18-37-68(69)74)72-63(50-23-6-2-7-24-50)44-54(45-64(72)51-25-8-3-9-26-51)76-65-34-15-12-31-59(65)60-32-13-16-35-66(60)76;/h1-42,44-45,47H;/q-2;/i2D,3D,6D,7D,8D,9D,23D,24D,25D,26D;. The van der Waals surface area contributed by atoms with Gasteiger partial charge in [0.2, 0.25) is 0 Å². The molecule has 4 heterocycles. The normalized spacial score (nSPS) is 13.4. The molecule has 0 spiro atoms. The summed E-state index contributed by atoms with van der Waals surface area (Å²) >= 11 is 2.18. The third-order valence-electron chi connectivity index (χ3n) is 14.5. The predicted octanol–water partition coefficient (Wildman–Crippen LogP) is 18.1. The second kappa shape index (κ2) is 19.3. The fraction of sp³-hybridized carbons (Fsp3) is 0. The summed E-state index contributed by atoms with van der Waals surface area (Å²) in [5, 5.41) is 3.81. The summed E-state index contributed by atoms with van der Waals surface area (Å²) in [4.78, 5) is 5.07. The van der Waals surface area contributed by atoms with Crippen molar-refractivity contribution in [2.24, 2.45) is 0 Å². The first-order valence-corrected chi connectivity index (χ1v) is 26.7. The van der Waals surface area contributed by atoms with Crippen molar-refractivity contribution in [2.75, 3.05) is 0 Å². The molecule has 0 unspecified atom stereocenters. The quantitative estimate of drug-likeness (QED) is 0.128. The van der Waals surface area contributed by atoms with E-state index in [1.165, 1.54) is 0 Å². The van der Waals surface area contributed by atoms with E-state index in [4.69, 9.17) is 17.9 Å². The van der Waals surface area contributed by atoms with Crippen molar-refractivity contribution in [3.8, 4) is 78.9 Å².